The molecule has 0 spiro atoms. The number of hydrogen-bond acceptors (Lipinski definition) is 3. The van der Waals surface area contributed by atoms with E-state index >= 15 is 0 Å². The van der Waals surface area contributed by atoms with E-state index in [1.807, 2.05) is 60.4 Å². The minimum absolute atomic E-state index is 0.156. The number of aryl methyl sites for hydroxylation is 1. The first-order chi connectivity index (χ1) is 19.3. The average Bonchev–Trinajstić information content (AvgIpc) is 3.56. The van der Waals surface area contributed by atoms with Gasteiger partial charge in [-0.05, 0) is 72.7 Å². The molecule has 0 unspecified atom stereocenters. The number of alkyl halides is 3. The number of hydrogen-bond donors (Lipinski definition) is 2. The van der Waals surface area contributed by atoms with Gasteiger partial charge >= 0.3 is 6.18 Å². The number of anilines is 1. The summed E-state index contributed by atoms with van der Waals surface area (Å²) in [4.78, 5) is 19.4. The highest BCUT2D eigenvalue weighted by atomic mass is 32.1. The van der Waals surface area contributed by atoms with Crippen molar-refractivity contribution in [3.05, 3.63) is 114 Å². The molecule has 6 nitrogen and oxygen atoms in total. The number of rotatable bonds is 8. The van der Waals surface area contributed by atoms with Gasteiger partial charge in [0, 0.05) is 42.4 Å². The van der Waals surface area contributed by atoms with E-state index in [2.05, 4.69) is 15.6 Å². The highest BCUT2D eigenvalue weighted by Crippen LogP contribution is 2.40. The summed E-state index contributed by atoms with van der Waals surface area (Å²) >= 11 is 5.72. The number of benzene rings is 2. The van der Waals surface area contributed by atoms with Crippen LogP contribution in [0.2, 0.25) is 0 Å². The number of aromatic nitrogens is 2. The molecule has 2 aromatic heterocycles. The molecule has 206 valence electrons. The first-order valence-electron chi connectivity index (χ1n) is 13.0. The summed E-state index contributed by atoms with van der Waals surface area (Å²) < 4.78 is 42.2. The summed E-state index contributed by atoms with van der Waals surface area (Å²) in [5.74, 6) is -0.156. The minimum Gasteiger partial charge on any atom is -0.352 e. The lowest BCUT2D eigenvalue weighted by Gasteiger charge is -2.29. The van der Waals surface area contributed by atoms with E-state index in [0.29, 0.717) is 17.3 Å². The molecule has 3 heterocycles. The Kier molecular flexibility index (Phi) is 7.88. The fourth-order valence-electron chi connectivity index (χ4n) is 5.06. The van der Waals surface area contributed by atoms with Gasteiger partial charge in [0.1, 0.15) is 0 Å². The molecule has 0 bridgehead atoms. The molecule has 40 heavy (non-hydrogen) atoms. The van der Waals surface area contributed by atoms with Crippen LogP contribution in [0.15, 0.2) is 91.3 Å². The maximum absolute atomic E-state index is 13.5. The van der Waals surface area contributed by atoms with E-state index in [9.17, 15) is 18.0 Å². The number of nitrogens with zero attached hydrogens (tertiary/aromatic N) is 3. The maximum Gasteiger partial charge on any atom is 0.416 e. The third-order valence-corrected chi connectivity index (χ3v) is 7.34. The largest absolute Gasteiger partial charge is 0.416 e. The van der Waals surface area contributed by atoms with Gasteiger partial charge in [-0.1, -0.05) is 37.3 Å². The number of amides is 1. The molecule has 4 aromatic rings. The number of pyridine rings is 1. The molecular weight excluding hydrogens is 535 g/mol. The summed E-state index contributed by atoms with van der Waals surface area (Å²) in [6.45, 7) is 2.33. The lowest BCUT2D eigenvalue weighted by atomic mass is 10.0. The second-order valence-electron chi connectivity index (χ2n) is 9.48. The lowest BCUT2D eigenvalue weighted by Crippen LogP contribution is -2.33. The van der Waals surface area contributed by atoms with Gasteiger partial charge < -0.3 is 20.1 Å². The molecule has 1 aliphatic rings. The van der Waals surface area contributed by atoms with Crippen molar-refractivity contribution in [1.82, 2.24) is 19.8 Å². The molecular formula is C30H28F3N5OS. The molecule has 0 aliphatic carbocycles. The van der Waals surface area contributed by atoms with Crippen LogP contribution >= 0.6 is 12.2 Å². The van der Waals surface area contributed by atoms with Gasteiger partial charge in [-0.25, -0.2) is 0 Å². The Morgan fingerprint density at radius 1 is 1.05 bits per heavy atom. The van der Waals surface area contributed by atoms with Crippen LogP contribution in [0.1, 0.15) is 47.9 Å². The smallest absolute Gasteiger partial charge is 0.352 e. The topological polar surface area (TPSA) is 62.2 Å². The molecule has 5 rings (SSSR count). The van der Waals surface area contributed by atoms with Crippen LogP contribution in [-0.2, 0) is 17.4 Å². The van der Waals surface area contributed by atoms with E-state index in [4.69, 9.17) is 12.2 Å². The highest BCUT2D eigenvalue weighted by Gasteiger charge is 2.41. The zero-order chi connectivity index (χ0) is 28.3. The Morgan fingerprint density at radius 3 is 2.60 bits per heavy atom. The van der Waals surface area contributed by atoms with Crippen molar-refractivity contribution in [1.29, 1.82) is 0 Å². The van der Waals surface area contributed by atoms with Crippen LogP contribution < -0.4 is 10.6 Å². The van der Waals surface area contributed by atoms with Gasteiger partial charge in [-0.3, -0.25) is 9.78 Å². The number of halogens is 3. The standard InChI is InChI=1S/C30H28F3N5OS/c1-2-20-9-3-4-12-23(20)35-26(39)15-18-38-28(27(36-29(38)40)24-13-5-6-16-34-24)25-14-8-17-37(25)22-11-7-10-21(19-22)30(31,32)33/h3-14,16-17,19,27-28H,2,15,18H2,1H3,(H,35,39)(H,36,40)/t27-,28+/m1/s1. The van der Waals surface area contributed by atoms with Crippen molar-refractivity contribution in [2.75, 3.05) is 11.9 Å². The highest BCUT2D eigenvalue weighted by molar-refractivity contribution is 7.80. The third-order valence-electron chi connectivity index (χ3n) is 6.98. The van der Waals surface area contributed by atoms with Crippen molar-refractivity contribution in [2.24, 2.45) is 0 Å². The Bertz CT molecular complexity index is 1500. The Hall–Kier alpha value is -4.18. The zero-order valence-electron chi connectivity index (χ0n) is 21.7. The molecule has 1 aliphatic heterocycles. The molecule has 10 heteroatoms. The Labute approximate surface area is 235 Å². The molecule has 1 saturated heterocycles. The van der Waals surface area contributed by atoms with Crippen LogP contribution in [0, 0.1) is 0 Å². The molecule has 1 fully saturated rings. The fraction of sp³-hybridized carbons (Fsp3) is 0.233. The summed E-state index contributed by atoms with van der Waals surface area (Å²) in [6.07, 6.45) is -0.100. The van der Waals surface area contributed by atoms with E-state index < -0.39 is 17.8 Å². The van der Waals surface area contributed by atoms with Gasteiger partial charge in [0.15, 0.2) is 5.11 Å². The lowest BCUT2D eigenvalue weighted by molar-refractivity contribution is -0.137. The van der Waals surface area contributed by atoms with Crippen molar-refractivity contribution in [3.8, 4) is 5.69 Å². The normalized spacial score (nSPS) is 17.1. The Balaban J connectivity index is 1.46. The average molecular weight is 564 g/mol. The zero-order valence-corrected chi connectivity index (χ0v) is 22.5. The van der Waals surface area contributed by atoms with E-state index in [0.717, 1.165) is 41.2 Å². The molecule has 2 N–H and O–H groups in total. The monoisotopic (exact) mass is 563 g/mol. The first-order valence-corrected chi connectivity index (χ1v) is 13.4. The van der Waals surface area contributed by atoms with E-state index in [-0.39, 0.29) is 18.4 Å². The minimum atomic E-state index is -4.47. The number of carbonyl (C=O) groups excluding carboxylic acids is 1. The number of para-hydroxylation sites is 1. The van der Waals surface area contributed by atoms with E-state index in [1.54, 1.807) is 29.1 Å². The van der Waals surface area contributed by atoms with E-state index in [1.165, 1.54) is 6.07 Å². The van der Waals surface area contributed by atoms with Crippen molar-refractivity contribution in [2.45, 2.75) is 38.0 Å². The van der Waals surface area contributed by atoms with Gasteiger partial charge in [-0.2, -0.15) is 13.2 Å². The van der Waals surface area contributed by atoms with Crippen LogP contribution in [-0.4, -0.2) is 32.0 Å². The molecule has 2 atom stereocenters. The van der Waals surface area contributed by atoms with Crippen LogP contribution in [0.5, 0.6) is 0 Å². The summed E-state index contributed by atoms with van der Waals surface area (Å²) in [6, 6.07) is 21.3. The number of carbonyl (C=O) groups is 1. The van der Waals surface area contributed by atoms with Crippen molar-refractivity contribution >= 4 is 28.9 Å². The fourth-order valence-corrected chi connectivity index (χ4v) is 5.39. The predicted molar refractivity (Wildman–Crippen MR) is 152 cm³/mol. The van der Waals surface area contributed by atoms with Crippen molar-refractivity contribution in [3.63, 3.8) is 0 Å². The summed E-state index contributed by atoms with van der Waals surface area (Å²) in [7, 11) is 0. The molecule has 2 aromatic carbocycles. The second kappa shape index (κ2) is 11.5. The third kappa shape index (κ3) is 5.72. The molecule has 1 amide bonds. The maximum atomic E-state index is 13.5. The Morgan fingerprint density at radius 2 is 1.85 bits per heavy atom. The molecule has 0 saturated carbocycles. The number of nitrogens with one attached hydrogen (secondary N) is 2. The van der Waals surface area contributed by atoms with Crippen molar-refractivity contribution < 1.29 is 18.0 Å². The number of thiocarbonyl (C=S) groups is 1. The SMILES string of the molecule is CCc1ccccc1NC(=O)CCN1C(=S)N[C@H](c2ccccn2)[C@@H]1c1cccn1-c1cccc(C(F)(F)F)c1. The quantitative estimate of drug-likeness (QED) is 0.241. The predicted octanol–water partition coefficient (Wildman–Crippen LogP) is 6.45. The first kappa shape index (κ1) is 27.4. The van der Waals surface area contributed by atoms with Gasteiger partial charge in [-0.15, -0.1) is 0 Å². The van der Waals surface area contributed by atoms with Crippen LogP contribution in [0.25, 0.3) is 5.69 Å². The second-order valence-corrected chi connectivity index (χ2v) is 9.87. The molecule has 0 radical (unpaired) electrons. The van der Waals surface area contributed by atoms with Gasteiger partial charge in [0.25, 0.3) is 0 Å². The van der Waals surface area contributed by atoms with Gasteiger partial charge in [0.2, 0.25) is 5.91 Å². The van der Waals surface area contributed by atoms with Crippen LogP contribution in [0.3, 0.4) is 0 Å². The summed E-state index contributed by atoms with van der Waals surface area (Å²) in [5.41, 5.74) is 2.92. The summed E-state index contributed by atoms with van der Waals surface area (Å²) in [5, 5.41) is 6.78. The van der Waals surface area contributed by atoms with Gasteiger partial charge in [0.05, 0.1) is 23.3 Å². The van der Waals surface area contributed by atoms with Crippen LogP contribution in [0.4, 0.5) is 18.9 Å².